The highest BCUT2D eigenvalue weighted by molar-refractivity contribution is 5.48. The summed E-state index contributed by atoms with van der Waals surface area (Å²) in [6, 6.07) is 15.6. The van der Waals surface area contributed by atoms with E-state index in [-0.39, 0.29) is 0 Å². The van der Waals surface area contributed by atoms with Gasteiger partial charge in [0.25, 0.3) is 0 Å². The summed E-state index contributed by atoms with van der Waals surface area (Å²) in [5.41, 5.74) is 2.16. The lowest BCUT2D eigenvalue weighted by atomic mass is 10.2. The van der Waals surface area contributed by atoms with Crippen LogP contribution >= 0.6 is 0 Å². The van der Waals surface area contributed by atoms with Crippen molar-refractivity contribution in [3.8, 4) is 11.5 Å². The maximum absolute atomic E-state index is 5.60. The number of ether oxygens (including phenoxy) is 2. The van der Waals surface area contributed by atoms with Crippen LogP contribution in [0, 0.1) is 0 Å². The quantitative estimate of drug-likeness (QED) is 0.638. The Kier molecular flexibility index (Phi) is 6.06. The highest BCUT2D eigenvalue weighted by atomic mass is 16.5. The molecule has 2 aromatic carbocycles. The van der Waals surface area contributed by atoms with Gasteiger partial charge in [0.2, 0.25) is 0 Å². The molecule has 2 rings (SSSR count). The summed E-state index contributed by atoms with van der Waals surface area (Å²) < 4.78 is 11.2. The highest BCUT2D eigenvalue weighted by Gasteiger charge is 1.92. The fourth-order valence-corrected chi connectivity index (χ4v) is 1.83. The Labute approximate surface area is 132 Å². The van der Waals surface area contributed by atoms with Crippen molar-refractivity contribution in [3.63, 3.8) is 0 Å². The first-order chi connectivity index (χ1) is 10.8. The van der Waals surface area contributed by atoms with E-state index in [1.807, 2.05) is 72.8 Å². The van der Waals surface area contributed by atoms with E-state index in [1.54, 1.807) is 0 Å². The molecule has 2 heteroatoms. The zero-order chi connectivity index (χ0) is 15.6. The lowest BCUT2D eigenvalue weighted by Crippen LogP contribution is -1.96. The molecule has 0 aliphatic carbocycles. The summed E-state index contributed by atoms with van der Waals surface area (Å²) in [7, 11) is 0. The second-order valence-corrected chi connectivity index (χ2v) is 4.64. The number of rotatable bonds is 8. The molecule has 0 heterocycles. The van der Waals surface area contributed by atoms with Crippen LogP contribution in [-0.4, -0.2) is 13.2 Å². The molecular formula is C20H20O2. The lowest BCUT2D eigenvalue weighted by Gasteiger charge is -2.04. The molecule has 0 spiro atoms. The maximum Gasteiger partial charge on any atom is 0.119 e. The fourth-order valence-electron chi connectivity index (χ4n) is 1.83. The molecule has 0 N–H and O–H groups in total. The summed E-state index contributed by atoms with van der Waals surface area (Å²) >= 11 is 0. The molecule has 0 saturated carbocycles. The molecule has 0 fully saturated rings. The minimum atomic E-state index is 0.520. The molecule has 0 saturated heterocycles. The lowest BCUT2D eigenvalue weighted by molar-refractivity contribution is 0.350. The van der Waals surface area contributed by atoms with Crippen molar-refractivity contribution in [2.75, 3.05) is 13.2 Å². The zero-order valence-corrected chi connectivity index (χ0v) is 12.6. The predicted molar refractivity (Wildman–Crippen MR) is 93.2 cm³/mol. The standard InChI is InChI=1S/C20H20O2/c1-3-17-7-11-19(12-8-17)21-15-5-6-16-22-20-13-9-18(4-2)10-14-20/h3-14H,1-2,15-16H2. The van der Waals surface area contributed by atoms with Crippen molar-refractivity contribution in [1.82, 2.24) is 0 Å². The molecule has 0 aliphatic rings. The Morgan fingerprint density at radius 3 is 1.32 bits per heavy atom. The fraction of sp³-hybridized carbons (Fsp3) is 0.100. The summed E-state index contributed by atoms with van der Waals surface area (Å²) in [4.78, 5) is 0. The van der Waals surface area contributed by atoms with E-state index in [0.717, 1.165) is 22.6 Å². The van der Waals surface area contributed by atoms with Gasteiger partial charge in [-0.2, -0.15) is 0 Å². The van der Waals surface area contributed by atoms with Gasteiger partial charge in [0, 0.05) is 0 Å². The van der Waals surface area contributed by atoms with Gasteiger partial charge in [-0.05, 0) is 47.5 Å². The van der Waals surface area contributed by atoms with Crippen molar-refractivity contribution in [2.45, 2.75) is 0 Å². The molecule has 0 unspecified atom stereocenters. The molecule has 22 heavy (non-hydrogen) atoms. The Morgan fingerprint density at radius 2 is 1.00 bits per heavy atom. The van der Waals surface area contributed by atoms with Crippen LogP contribution in [0.2, 0.25) is 0 Å². The first-order valence-electron chi connectivity index (χ1n) is 7.17. The zero-order valence-electron chi connectivity index (χ0n) is 12.6. The van der Waals surface area contributed by atoms with Crippen LogP contribution in [0.25, 0.3) is 12.2 Å². The second kappa shape index (κ2) is 8.53. The van der Waals surface area contributed by atoms with Crippen LogP contribution < -0.4 is 9.47 Å². The molecule has 0 aliphatic heterocycles. The van der Waals surface area contributed by atoms with E-state index in [0.29, 0.717) is 13.2 Å². The van der Waals surface area contributed by atoms with Gasteiger partial charge in [-0.15, -0.1) is 0 Å². The van der Waals surface area contributed by atoms with Crippen molar-refractivity contribution >= 4 is 12.2 Å². The molecule has 2 nitrogen and oxygen atoms in total. The van der Waals surface area contributed by atoms with E-state index in [2.05, 4.69) is 13.2 Å². The molecule has 0 bridgehead atoms. The van der Waals surface area contributed by atoms with Gasteiger partial charge in [0.15, 0.2) is 0 Å². The highest BCUT2D eigenvalue weighted by Crippen LogP contribution is 2.13. The molecule has 2 aromatic rings. The summed E-state index contributed by atoms with van der Waals surface area (Å²) in [6.45, 7) is 8.48. The maximum atomic E-state index is 5.60. The SMILES string of the molecule is C=Cc1ccc(OCC=CCOc2ccc(C=C)cc2)cc1. The number of hydrogen-bond acceptors (Lipinski definition) is 2. The topological polar surface area (TPSA) is 18.5 Å². The smallest absolute Gasteiger partial charge is 0.119 e. The second-order valence-electron chi connectivity index (χ2n) is 4.64. The average Bonchev–Trinajstić information content (AvgIpc) is 2.59. The monoisotopic (exact) mass is 292 g/mol. The Morgan fingerprint density at radius 1 is 0.636 bits per heavy atom. The van der Waals surface area contributed by atoms with E-state index < -0.39 is 0 Å². The largest absolute Gasteiger partial charge is 0.490 e. The Bertz CT molecular complexity index is 564. The van der Waals surface area contributed by atoms with Gasteiger partial charge in [-0.3, -0.25) is 0 Å². The number of benzene rings is 2. The molecule has 0 aromatic heterocycles. The van der Waals surface area contributed by atoms with Gasteiger partial charge in [-0.25, -0.2) is 0 Å². The van der Waals surface area contributed by atoms with E-state index in [4.69, 9.17) is 9.47 Å². The third-order valence-electron chi connectivity index (χ3n) is 3.09. The van der Waals surface area contributed by atoms with Crippen molar-refractivity contribution < 1.29 is 9.47 Å². The molecule has 112 valence electrons. The van der Waals surface area contributed by atoms with E-state index in [9.17, 15) is 0 Å². The third-order valence-corrected chi connectivity index (χ3v) is 3.09. The Balaban J connectivity index is 1.68. The molecule has 0 amide bonds. The van der Waals surface area contributed by atoms with Gasteiger partial charge in [0.1, 0.15) is 24.7 Å². The minimum Gasteiger partial charge on any atom is -0.490 e. The molecule has 0 atom stereocenters. The van der Waals surface area contributed by atoms with Crippen LogP contribution in [0.4, 0.5) is 0 Å². The van der Waals surface area contributed by atoms with Crippen molar-refractivity contribution in [2.24, 2.45) is 0 Å². The summed E-state index contributed by atoms with van der Waals surface area (Å²) in [6.07, 6.45) is 7.50. The molecular weight excluding hydrogens is 272 g/mol. The first-order valence-corrected chi connectivity index (χ1v) is 7.17. The van der Waals surface area contributed by atoms with Crippen LogP contribution in [0.15, 0.2) is 73.8 Å². The van der Waals surface area contributed by atoms with Crippen LogP contribution in [0.1, 0.15) is 11.1 Å². The van der Waals surface area contributed by atoms with E-state index in [1.165, 1.54) is 0 Å². The van der Waals surface area contributed by atoms with Gasteiger partial charge >= 0.3 is 0 Å². The van der Waals surface area contributed by atoms with Crippen molar-refractivity contribution in [1.29, 1.82) is 0 Å². The number of hydrogen-bond donors (Lipinski definition) is 0. The van der Waals surface area contributed by atoms with Crippen molar-refractivity contribution in [3.05, 3.63) is 85.0 Å². The first kappa shape index (κ1) is 15.6. The van der Waals surface area contributed by atoms with Gasteiger partial charge in [-0.1, -0.05) is 49.6 Å². The van der Waals surface area contributed by atoms with Crippen LogP contribution in [-0.2, 0) is 0 Å². The summed E-state index contributed by atoms with van der Waals surface area (Å²) in [5.74, 6) is 1.69. The normalized spacial score (nSPS) is 10.4. The Hall–Kier alpha value is -2.74. The summed E-state index contributed by atoms with van der Waals surface area (Å²) in [5, 5.41) is 0. The van der Waals surface area contributed by atoms with E-state index >= 15 is 0 Å². The van der Waals surface area contributed by atoms with Gasteiger partial charge < -0.3 is 9.47 Å². The average molecular weight is 292 g/mol. The predicted octanol–water partition coefficient (Wildman–Crippen LogP) is 4.99. The van der Waals surface area contributed by atoms with Crippen LogP contribution in [0.3, 0.4) is 0 Å². The van der Waals surface area contributed by atoms with Gasteiger partial charge in [0.05, 0.1) is 0 Å². The molecule has 0 radical (unpaired) electrons. The minimum absolute atomic E-state index is 0.520. The third kappa shape index (κ3) is 4.98. The van der Waals surface area contributed by atoms with Crippen LogP contribution in [0.5, 0.6) is 11.5 Å².